The molecular weight excluding hydrogens is 212 g/mol. The smallest absolute Gasteiger partial charge is 0.136 e. The average Bonchev–Trinajstić information content (AvgIpc) is 2.77. The van der Waals surface area contributed by atoms with Gasteiger partial charge in [-0.05, 0) is 44.0 Å². The number of hydrogen-bond donors (Lipinski definition) is 1. The highest BCUT2D eigenvalue weighted by Crippen LogP contribution is 2.29. The Labute approximate surface area is 102 Å². The fraction of sp³-hybridized carbons (Fsp3) is 0.357. The third-order valence-electron chi connectivity index (χ3n) is 3.03. The molecule has 0 aliphatic heterocycles. The van der Waals surface area contributed by atoms with Gasteiger partial charge in [-0.25, -0.2) is 0 Å². The van der Waals surface area contributed by atoms with Crippen molar-refractivity contribution in [1.82, 2.24) is 4.98 Å². The molecular formula is C14H18N2O. The van der Waals surface area contributed by atoms with Crippen molar-refractivity contribution < 1.29 is 4.42 Å². The number of nitrogens with zero attached hydrogens (tertiary/aromatic N) is 1. The zero-order chi connectivity index (χ0) is 12.4. The number of rotatable bonds is 3. The summed E-state index contributed by atoms with van der Waals surface area (Å²) in [4.78, 5) is 4.30. The van der Waals surface area contributed by atoms with Gasteiger partial charge in [-0.15, -0.1) is 0 Å². The van der Waals surface area contributed by atoms with Crippen LogP contribution < -0.4 is 5.73 Å². The minimum absolute atomic E-state index is 0.0268. The van der Waals surface area contributed by atoms with Gasteiger partial charge in [-0.1, -0.05) is 6.92 Å². The monoisotopic (exact) mass is 230 g/mol. The van der Waals surface area contributed by atoms with Crippen LogP contribution in [0.3, 0.4) is 0 Å². The molecule has 3 heteroatoms. The molecule has 2 rings (SSSR count). The van der Waals surface area contributed by atoms with Crippen LogP contribution in [0.5, 0.6) is 0 Å². The summed E-state index contributed by atoms with van der Waals surface area (Å²) in [5, 5.41) is 0. The number of pyridine rings is 1. The molecule has 2 heterocycles. The lowest BCUT2D eigenvalue weighted by molar-refractivity contribution is 0.469. The maximum atomic E-state index is 5.95. The van der Waals surface area contributed by atoms with Crippen LogP contribution in [-0.4, -0.2) is 4.98 Å². The third kappa shape index (κ3) is 2.24. The highest BCUT2D eigenvalue weighted by atomic mass is 16.3. The van der Waals surface area contributed by atoms with Crippen molar-refractivity contribution >= 4 is 0 Å². The lowest BCUT2D eigenvalue weighted by Gasteiger charge is -2.07. The van der Waals surface area contributed by atoms with Crippen LogP contribution in [0.25, 0.3) is 11.3 Å². The summed E-state index contributed by atoms with van der Waals surface area (Å²) < 4.78 is 5.82. The van der Waals surface area contributed by atoms with Crippen molar-refractivity contribution in [3.05, 3.63) is 41.4 Å². The molecule has 0 aliphatic rings. The second-order valence-corrected chi connectivity index (χ2v) is 4.31. The molecule has 17 heavy (non-hydrogen) atoms. The fourth-order valence-electron chi connectivity index (χ4n) is 1.95. The van der Waals surface area contributed by atoms with Gasteiger partial charge in [0.1, 0.15) is 11.5 Å². The van der Waals surface area contributed by atoms with Crippen molar-refractivity contribution in [3.8, 4) is 11.3 Å². The van der Waals surface area contributed by atoms with E-state index in [0.29, 0.717) is 0 Å². The van der Waals surface area contributed by atoms with Gasteiger partial charge in [0.05, 0.1) is 6.04 Å². The molecule has 3 nitrogen and oxygen atoms in total. The highest BCUT2D eigenvalue weighted by molar-refractivity contribution is 5.64. The molecule has 1 unspecified atom stereocenters. The van der Waals surface area contributed by atoms with E-state index in [2.05, 4.69) is 11.9 Å². The van der Waals surface area contributed by atoms with Crippen molar-refractivity contribution in [1.29, 1.82) is 0 Å². The first-order chi connectivity index (χ1) is 8.13. The van der Waals surface area contributed by atoms with E-state index in [1.165, 1.54) is 5.56 Å². The standard InChI is InChI=1S/C14H18N2O/c1-4-11(15)12-5-6-13(17-12)14-9(2)7-8-16-10(14)3/h5-8,11H,4,15H2,1-3H3. The van der Waals surface area contributed by atoms with E-state index in [4.69, 9.17) is 10.2 Å². The van der Waals surface area contributed by atoms with Crippen molar-refractivity contribution in [2.45, 2.75) is 33.2 Å². The van der Waals surface area contributed by atoms with E-state index in [0.717, 1.165) is 29.2 Å². The topological polar surface area (TPSA) is 52.0 Å². The predicted octanol–water partition coefficient (Wildman–Crippen LogP) is 3.37. The maximum absolute atomic E-state index is 5.95. The zero-order valence-electron chi connectivity index (χ0n) is 10.5. The Morgan fingerprint density at radius 1 is 1.29 bits per heavy atom. The number of aryl methyl sites for hydroxylation is 2. The van der Waals surface area contributed by atoms with Crippen LogP contribution in [-0.2, 0) is 0 Å². The van der Waals surface area contributed by atoms with Gasteiger partial charge >= 0.3 is 0 Å². The number of hydrogen-bond acceptors (Lipinski definition) is 3. The van der Waals surface area contributed by atoms with Crippen molar-refractivity contribution in [2.75, 3.05) is 0 Å². The molecule has 0 saturated carbocycles. The normalized spacial score (nSPS) is 12.7. The molecule has 0 amide bonds. The quantitative estimate of drug-likeness (QED) is 0.879. The second kappa shape index (κ2) is 4.72. The maximum Gasteiger partial charge on any atom is 0.136 e. The minimum atomic E-state index is -0.0268. The van der Waals surface area contributed by atoms with Gasteiger partial charge in [0, 0.05) is 17.5 Å². The van der Waals surface area contributed by atoms with Crippen molar-refractivity contribution in [2.24, 2.45) is 5.73 Å². The molecule has 2 N–H and O–H groups in total. The Morgan fingerprint density at radius 2 is 2.06 bits per heavy atom. The molecule has 0 bridgehead atoms. The summed E-state index contributed by atoms with van der Waals surface area (Å²) in [7, 11) is 0. The Balaban J connectivity index is 2.44. The van der Waals surface area contributed by atoms with Gasteiger partial charge in [-0.2, -0.15) is 0 Å². The van der Waals surface area contributed by atoms with Crippen LogP contribution in [0.1, 0.15) is 36.4 Å². The SMILES string of the molecule is CCC(N)c1ccc(-c2c(C)ccnc2C)o1. The highest BCUT2D eigenvalue weighted by Gasteiger charge is 2.13. The number of furan rings is 1. The molecule has 0 saturated heterocycles. The van der Waals surface area contributed by atoms with Gasteiger partial charge in [0.25, 0.3) is 0 Å². The minimum Gasteiger partial charge on any atom is -0.459 e. The Bertz CT molecular complexity index is 496. The van der Waals surface area contributed by atoms with Gasteiger partial charge in [0.2, 0.25) is 0 Å². The Kier molecular flexibility index (Phi) is 3.29. The van der Waals surface area contributed by atoms with E-state index in [-0.39, 0.29) is 6.04 Å². The molecule has 2 aromatic heterocycles. The van der Waals surface area contributed by atoms with E-state index < -0.39 is 0 Å². The van der Waals surface area contributed by atoms with Crippen LogP contribution in [0.2, 0.25) is 0 Å². The number of aromatic nitrogens is 1. The van der Waals surface area contributed by atoms with Gasteiger partial charge in [0.15, 0.2) is 0 Å². The lowest BCUT2D eigenvalue weighted by Crippen LogP contribution is -2.06. The fourth-order valence-corrected chi connectivity index (χ4v) is 1.95. The summed E-state index contributed by atoms with van der Waals surface area (Å²) in [5.74, 6) is 1.69. The largest absolute Gasteiger partial charge is 0.459 e. The molecule has 0 fully saturated rings. The van der Waals surface area contributed by atoms with Gasteiger partial charge in [-0.3, -0.25) is 4.98 Å². The molecule has 0 aliphatic carbocycles. The van der Waals surface area contributed by atoms with Crippen LogP contribution in [0.4, 0.5) is 0 Å². The second-order valence-electron chi connectivity index (χ2n) is 4.31. The van der Waals surface area contributed by atoms with Gasteiger partial charge < -0.3 is 10.2 Å². The average molecular weight is 230 g/mol. The van der Waals surface area contributed by atoms with Crippen LogP contribution >= 0.6 is 0 Å². The molecule has 1 atom stereocenters. The molecule has 0 aromatic carbocycles. The van der Waals surface area contributed by atoms with E-state index in [1.807, 2.05) is 38.2 Å². The molecule has 0 spiro atoms. The summed E-state index contributed by atoms with van der Waals surface area (Å²) in [5.41, 5.74) is 9.18. The lowest BCUT2D eigenvalue weighted by atomic mass is 10.1. The van der Waals surface area contributed by atoms with Crippen LogP contribution in [0, 0.1) is 13.8 Å². The Hall–Kier alpha value is -1.61. The summed E-state index contributed by atoms with van der Waals surface area (Å²) in [6.07, 6.45) is 2.69. The summed E-state index contributed by atoms with van der Waals surface area (Å²) in [6.45, 7) is 6.10. The summed E-state index contributed by atoms with van der Waals surface area (Å²) >= 11 is 0. The van der Waals surface area contributed by atoms with E-state index >= 15 is 0 Å². The Morgan fingerprint density at radius 3 is 2.71 bits per heavy atom. The zero-order valence-corrected chi connectivity index (χ0v) is 10.5. The molecule has 0 radical (unpaired) electrons. The molecule has 2 aromatic rings. The van der Waals surface area contributed by atoms with Crippen molar-refractivity contribution in [3.63, 3.8) is 0 Å². The first kappa shape index (κ1) is 11.9. The predicted molar refractivity (Wildman–Crippen MR) is 68.6 cm³/mol. The summed E-state index contributed by atoms with van der Waals surface area (Å²) in [6, 6.07) is 5.89. The third-order valence-corrected chi connectivity index (χ3v) is 3.03. The van der Waals surface area contributed by atoms with E-state index in [9.17, 15) is 0 Å². The first-order valence-corrected chi connectivity index (χ1v) is 5.91. The van der Waals surface area contributed by atoms with E-state index in [1.54, 1.807) is 0 Å². The van der Waals surface area contributed by atoms with Crippen LogP contribution in [0.15, 0.2) is 28.8 Å². The molecule has 90 valence electrons. The first-order valence-electron chi connectivity index (χ1n) is 5.91. The number of nitrogens with two attached hydrogens (primary N) is 1.